The molecule has 1 spiro atoms. The highest BCUT2D eigenvalue weighted by molar-refractivity contribution is 6.02. The Kier molecular flexibility index (Phi) is 8.36. The minimum Gasteiger partial charge on any atom is -0.494 e. The van der Waals surface area contributed by atoms with Crippen molar-refractivity contribution in [2.45, 2.75) is 77.3 Å². The Morgan fingerprint density at radius 1 is 1.12 bits per heavy atom. The number of fused-ring (bicyclic) bond motifs is 1. The van der Waals surface area contributed by atoms with Gasteiger partial charge in [-0.05, 0) is 68.4 Å². The lowest BCUT2D eigenvalue weighted by molar-refractivity contribution is -0.150. The van der Waals surface area contributed by atoms with Crippen LogP contribution in [0.2, 0.25) is 0 Å². The van der Waals surface area contributed by atoms with Gasteiger partial charge in [-0.3, -0.25) is 14.4 Å². The number of anilines is 1. The van der Waals surface area contributed by atoms with Crippen LogP contribution in [-0.2, 0) is 25.7 Å². The second kappa shape index (κ2) is 11.7. The second-order valence-electron chi connectivity index (χ2n) is 12.6. The molecule has 3 N–H and O–H groups in total. The molecule has 3 unspecified atom stereocenters. The van der Waals surface area contributed by atoms with Gasteiger partial charge in [0.2, 0.25) is 17.7 Å². The molecule has 0 saturated carbocycles. The summed E-state index contributed by atoms with van der Waals surface area (Å²) in [5.41, 5.74) is -0.603. The minimum atomic E-state index is -1.18. The number of hydrogen-bond acceptors (Lipinski definition) is 6. The molecule has 2 aromatic rings. The topological polar surface area (TPSA) is 117 Å². The van der Waals surface area contributed by atoms with Crippen molar-refractivity contribution in [3.63, 3.8) is 0 Å². The van der Waals surface area contributed by atoms with Gasteiger partial charge in [0, 0.05) is 12.2 Å². The molecular formula is C33H43N3O6. The number of likely N-dealkylation sites (tertiary alicyclic amines) is 1. The first-order valence-electron chi connectivity index (χ1n) is 15.0. The molecule has 3 heterocycles. The van der Waals surface area contributed by atoms with Gasteiger partial charge in [0.25, 0.3) is 0 Å². The Bertz CT molecular complexity index is 1300. The van der Waals surface area contributed by atoms with Gasteiger partial charge in [-0.1, -0.05) is 51.1 Å². The van der Waals surface area contributed by atoms with Crippen LogP contribution in [-0.4, -0.2) is 64.2 Å². The lowest BCUT2D eigenvalue weighted by Crippen LogP contribution is -2.58. The SMILES string of the molecule is CCOc1ccc(NC(=O)[C@H]2[C@H]3C(=O)N([C@@H](CO)CC(C)C)C(C(=O)NCc4ccccc4)C34CC(C)[C@]2(C)O4)cc1. The summed E-state index contributed by atoms with van der Waals surface area (Å²) in [6, 6.07) is 15.1. The van der Waals surface area contributed by atoms with E-state index >= 15 is 0 Å². The third kappa shape index (κ3) is 5.07. The summed E-state index contributed by atoms with van der Waals surface area (Å²) < 4.78 is 12.3. The Balaban J connectivity index is 1.50. The lowest BCUT2D eigenvalue weighted by atomic mass is 9.62. The summed E-state index contributed by atoms with van der Waals surface area (Å²) in [7, 11) is 0. The molecule has 3 aliphatic heterocycles. The van der Waals surface area contributed by atoms with Crippen LogP contribution in [0.25, 0.3) is 0 Å². The molecule has 0 radical (unpaired) electrons. The fraction of sp³-hybridized carbons (Fsp3) is 0.545. The highest BCUT2D eigenvalue weighted by atomic mass is 16.5. The predicted octanol–water partition coefficient (Wildman–Crippen LogP) is 3.76. The van der Waals surface area contributed by atoms with E-state index in [2.05, 4.69) is 10.6 Å². The van der Waals surface area contributed by atoms with Crippen LogP contribution in [0.1, 0.15) is 53.0 Å². The molecule has 0 aliphatic carbocycles. The van der Waals surface area contributed by atoms with Crippen LogP contribution in [0.4, 0.5) is 5.69 Å². The van der Waals surface area contributed by atoms with E-state index in [1.807, 2.05) is 65.0 Å². The summed E-state index contributed by atoms with van der Waals surface area (Å²) in [5, 5.41) is 16.5. The quantitative estimate of drug-likeness (QED) is 0.375. The van der Waals surface area contributed by atoms with Crippen molar-refractivity contribution in [3.05, 3.63) is 60.2 Å². The number of nitrogens with zero attached hydrogens (tertiary/aromatic N) is 1. The highest BCUT2D eigenvalue weighted by Crippen LogP contribution is 2.65. The van der Waals surface area contributed by atoms with Gasteiger partial charge in [0.1, 0.15) is 17.4 Å². The van der Waals surface area contributed by atoms with Crippen molar-refractivity contribution >= 4 is 23.4 Å². The van der Waals surface area contributed by atoms with Crippen molar-refractivity contribution in [2.24, 2.45) is 23.7 Å². The van der Waals surface area contributed by atoms with E-state index in [-0.39, 0.29) is 36.2 Å². The molecule has 9 heteroatoms. The van der Waals surface area contributed by atoms with Crippen molar-refractivity contribution in [1.29, 1.82) is 0 Å². The first kappa shape index (κ1) is 30.0. The molecule has 226 valence electrons. The molecular weight excluding hydrogens is 534 g/mol. The molecule has 7 atom stereocenters. The number of rotatable bonds is 11. The minimum absolute atomic E-state index is 0.0836. The van der Waals surface area contributed by atoms with Crippen LogP contribution < -0.4 is 15.4 Å². The normalized spacial score (nSPS) is 30.4. The molecule has 3 fully saturated rings. The number of carbonyl (C=O) groups excluding carboxylic acids is 3. The Labute approximate surface area is 248 Å². The van der Waals surface area contributed by atoms with E-state index in [9.17, 15) is 19.5 Å². The number of amides is 3. The van der Waals surface area contributed by atoms with Crippen molar-refractivity contribution in [1.82, 2.24) is 10.2 Å². The zero-order valence-corrected chi connectivity index (χ0v) is 25.1. The molecule has 9 nitrogen and oxygen atoms in total. The number of aliphatic hydroxyl groups is 1. The van der Waals surface area contributed by atoms with Gasteiger partial charge in [-0.2, -0.15) is 0 Å². The second-order valence-corrected chi connectivity index (χ2v) is 12.6. The monoisotopic (exact) mass is 577 g/mol. The third-order valence-electron chi connectivity index (χ3n) is 9.37. The molecule has 0 aromatic heterocycles. The van der Waals surface area contributed by atoms with E-state index in [1.54, 1.807) is 29.2 Å². The number of hydrogen-bond donors (Lipinski definition) is 3. The maximum absolute atomic E-state index is 14.4. The van der Waals surface area contributed by atoms with Crippen molar-refractivity contribution in [3.8, 4) is 5.75 Å². The Morgan fingerprint density at radius 2 is 1.81 bits per heavy atom. The smallest absolute Gasteiger partial charge is 0.246 e. The van der Waals surface area contributed by atoms with Gasteiger partial charge in [0.05, 0.1) is 36.7 Å². The predicted molar refractivity (Wildman–Crippen MR) is 158 cm³/mol. The number of benzene rings is 2. The fourth-order valence-electron chi connectivity index (χ4n) is 7.49. The van der Waals surface area contributed by atoms with E-state index in [0.717, 1.165) is 5.56 Å². The Hall–Kier alpha value is -3.43. The Morgan fingerprint density at radius 3 is 2.43 bits per heavy atom. The first-order chi connectivity index (χ1) is 20.1. The van der Waals surface area contributed by atoms with Crippen molar-refractivity contribution in [2.75, 3.05) is 18.5 Å². The summed E-state index contributed by atoms with van der Waals surface area (Å²) in [5.74, 6) is -1.83. The highest BCUT2D eigenvalue weighted by Gasteiger charge is 2.80. The van der Waals surface area contributed by atoms with Crippen LogP contribution in [0, 0.1) is 23.7 Å². The molecule has 3 saturated heterocycles. The lowest BCUT2D eigenvalue weighted by Gasteiger charge is -2.37. The van der Waals surface area contributed by atoms with Gasteiger partial charge in [-0.25, -0.2) is 0 Å². The largest absolute Gasteiger partial charge is 0.494 e. The van der Waals surface area contributed by atoms with E-state index < -0.39 is 35.1 Å². The molecule has 3 aliphatic rings. The van der Waals surface area contributed by atoms with Gasteiger partial charge < -0.3 is 30.1 Å². The average molecular weight is 578 g/mol. The average Bonchev–Trinajstić information content (AvgIpc) is 3.48. The van der Waals surface area contributed by atoms with Gasteiger partial charge in [0.15, 0.2) is 0 Å². The fourth-order valence-corrected chi connectivity index (χ4v) is 7.49. The number of nitrogens with one attached hydrogen (secondary N) is 2. The number of ether oxygens (including phenoxy) is 2. The van der Waals surface area contributed by atoms with E-state index in [4.69, 9.17) is 9.47 Å². The van der Waals surface area contributed by atoms with Crippen LogP contribution in [0.5, 0.6) is 5.75 Å². The zero-order chi connectivity index (χ0) is 30.2. The van der Waals surface area contributed by atoms with Crippen LogP contribution in [0.3, 0.4) is 0 Å². The van der Waals surface area contributed by atoms with Crippen LogP contribution >= 0.6 is 0 Å². The number of aliphatic hydroxyl groups excluding tert-OH is 1. The van der Waals surface area contributed by atoms with E-state index in [0.29, 0.717) is 37.4 Å². The summed E-state index contributed by atoms with van der Waals surface area (Å²) >= 11 is 0. The van der Waals surface area contributed by atoms with Crippen LogP contribution in [0.15, 0.2) is 54.6 Å². The maximum Gasteiger partial charge on any atom is 0.246 e. The summed E-state index contributed by atoms with van der Waals surface area (Å²) in [4.78, 5) is 44.1. The first-order valence-corrected chi connectivity index (χ1v) is 15.0. The molecule has 2 aromatic carbocycles. The third-order valence-corrected chi connectivity index (χ3v) is 9.37. The molecule has 42 heavy (non-hydrogen) atoms. The van der Waals surface area contributed by atoms with E-state index in [1.165, 1.54) is 0 Å². The number of carbonyl (C=O) groups is 3. The molecule has 3 amide bonds. The summed E-state index contributed by atoms with van der Waals surface area (Å²) in [6.07, 6.45) is 0.982. The molecule has 5 rings (SSSR count). The molecule has 2 bridgehead atoms. The van der Waals surface area contributed by atoms with Gasteiger partial charge in [-0.15, -0.1) is 0 Å². The zero-order valence-electron chi connectivity index (χ0n) is 25.1. The maximum atomic E-state index is 14.4. The van der Waals surface area contributed by atoms with Crippen molar-refractivity contribution < 1.29 is 29.0 Å². The van der Waals surface area contributed by atoms with Gasteiger partial charge >= 0.3 is 0 Å². The summed E-state index contributed by atoms with van der Waals surface area (Å²) in [6.45, 7) is 10.4. The standard InChI is InChI=1S/C33H43N3O6/c1-6-41-25-14-12-23(13-15-25)35-29(38)26-27-31(40)36(24(19-37)16-20(2)3)28(33(27)17-21(4)32(26,5)42-33)30(39)34-18-22-10-8-7-9-11-22/h7-15,20-21,24,26-28,37H,6,16-19H2,1-5H3,(H,34,39)(H,35,38)/t21?,24-,26-,27+,28?,32+,33?/m1/s1.